The number of nitrogens with zero attached hydrogens (tertiary/aromatic N) is 5. The van der Waals surface area contributed by atoms with Crippen molar-refractivity contribution < 1.29 is 19.1 Å². The average molecular weight is 518 g/mol. The maximum atomic E-state index is 12.7. The summed E-state index contributed by atoms with van der Waals surface area (Å²) in [4.78, 5) is 41.1. The number of hydrogen-bond acceptors (Lipinski definition) is 7. The van der Waals surface area contributed by atoms with Gasteiger partial charge in [0.25, 0.3) is 0 Å². The van der Waals surface area contributed by atoms with E-state index in [9.17, 15) is 9.59 Å². The highest BCUT2D eigenvalue weighted by Crippen LogP contribution is 2.41. The second-order valence-corrected chi connectivity index (χ2v) is 11.0. The molecule has 0 unspecified atom stereocenters. The first-order valence-corrected chi connectivity index (χ1v) is 13.8. The SMILES string of the molecule is COC(=O)N1c2ccc3c(nc(Cc4cncc(OC5CC5)n4)n3[C@@H]3CCC[C@@H](C(C)=O)C3)c2CC[C@@H]1C. The van der Waals surface area contributed by atoms with Crippen LogP contribution in [0.15, 0.2) is 24.5 Å². The Hall–Kier alpha value is -3.49. The minimum atomic E-state index is -0.350. The van der Waals surface area contributed by atoms with Crippen LogP contribution in [-0.2, 0) is 22.4 Å². The third kappa shape index (κ3) is 4.63. The monoisotopic (exact) mass is 517 g/mol. The number of fused-ring (bicyclic) bond motifs is 3. The van der Waals surface area contributed by atoms with Crippen LogP contribution in [0.5, 0.6) is 5.88 Å². The zero-order valence-corrected chi connectivity index (χ0v) is 22.4. The van der Waals surface area contributed by atoms with E-state index in [1.165, 1.54) is 7.11 Å². The summed E-state index contributed by atoms with van der Waals surface area (Å²) in [7, 11) is 1.42. The van der Waals surface area contributed by atoms with Gasteiger partial charge >= 0.3 is 6.09 Å². The summed E-state index contributed by atoms with van der Waals surface area (Å²) in [5.74, 6) is 1.80. The number of rotatable bonds is 6. The Kier molecular flexibility index (Phi) is 6.53. The smallest absolute Gasteiger partial charge is 0.414 e. The number of carbonyl (C=O) groups is 2. The van der Waals surface area contributed by atoms with Crippen LogP contribution in [0.2, 0.25) is 0 Å². The molecule has 9 nitrogen and oxygen atoms in total. The largest absolute Gasteiger partial charge is 0.473 e. The zero-order valence-electron chi connectivity index (χ0n) is 22.4. The van der Waals surface area contributed by atoms with E-state index in [1.54, 1.807) is 24.2 Å². The molecule has 38 heavy (non-hydrogen) atoms. The summed E-state index contributed by atoms with van der Waals surface area (Å²) in [5.41, 5.74) is 4.70. The van der Waals surface area contributed by atoms with Crippen molar-refractivity contribution in [2.75, 3.05) is 12.0 Å². The summed E-state index contributed by atoms with van der Waals surface area (Å²) in [6.45, 7) is 3.76. The minimum absolute atomic E-state index is 0.0492. The van der Waals surface area contributed by atoms with Gasteiger partial charge in [0, 0.05) is 29.8 Å². The number of imidazole rings is 1. The molecule has 0 radical (unpaired) electrons. The lowest BCUT2D eigenvalue weighted by atomic mass is 9.83. The third-order valence-electron chi connectivity index (χ3n) is 8.30. The van der Waals surface area contributed by atoms with Gasteiger partial charge in [0.05, 0.1) is 42.1 Å². The molecule has 0 spiro atoms. The van der Waals surface area contributed by atoms with Crippen LogP contribution in [0.4, 0.5) is 10.5 Å². The van der Waals surface area contributed by atoms with E-state index in [4.69, 9.17) is 19.4 Å². The van der Waals surface area contributed by atoms with Crippen molar-refractivity contribution in [3.63, 3.8) is 0 Å². The Morgan fingerprint density at radius 1 is 1.08 bits per heavy atom. The van der Waals surface area contributed by atoms with Gasteiger partial charge in [-0.25, -0.2) is 14.8 Å². The molecule has 0 bridgehead atoms. The standard InChI is InChI=1S/C29H35N5O4/c1-17-7-10-23-24(33(17)29(36)37-3)11-12-25-28(23)32-26(34(25)21-6-4-5-19(13-21)18(2)35)14-20-15-30-16-27(31-20)38-22-8-9-22/h11-12,15-17,19,21-22H,4-10,13-14H2,1-3H3/t17-,19+,21+/m0/s1. The van der Waals surface area contributed by atoms with Crippen LogP contribution in [0.1, 0.15) is 81.9 Å². The fraction of sp³-hybridized carbons (Fsp3) is 0.552. The van der Waals surface area contributed by atoms with Gasteiger partial charge in [-0.15, -0.1) is 0 Å². The molecule has 200 valence electrons. The molecule has 0 N–H and O–H groups in total. The van der Waals surface area contributed by atoms with Crippen molar-refractivity contribution in [2.24, 2.45) is 5.92 Å². The number of Topliss-reactive ketones (excluding diaryl/α,β-unsaturated/α-hetero) is 1. The molecule has 2 saturated carbocycles. The van der Waals surface area contributed by atoms with Crippen LogP contribution in [-0.4, -0.2) is 50.7 Å². The van der Waals surface area contributed by atoms with Gasteiger partial charge in [-0.05, 0) is 70.9 Å². The third-order valence-corrected chi connectivity index (χ3v) is 8.30. The van der Waals surface area contributed by atoms with Crippen molar-refractivity contribution in [2.45, 2.75) is 89.8 Å². The van der Waals surface area contributed by atoms with E-state index in [0.29, 0.717) is 12.3 Å². The molecule has 3 aliphatic rings. The number of benzene rings is 1. The molecule has 3 heterocycles. The van der Waals surface area contributed by atoms with Crippen LogP contribution >= 0.6 is 0 Å². The van der Waals surface area contributed by atoms with E-state index in [0.717, 1.165) is 85.2 Å². The molecular weight excluding hydrogens is 482 g/mol. The number of ether oxygens (including phenoxy) is 2. The minimum Gasteiger partial charge on any atom is -0.473 e. The molecule has 1 aromatic carbocycles. The molecule has 1 aliphatic heterocycles. The Labute approximate surface area is 222 Å². The summed E-state index contributed by atoms with van der Waals surface area (Å²) in [5, 5.41) is 0. The van der Waals surface area contributed by atoms with Gasteiger partial charge in [0.1, 0.15) is 17.7 Å². The number of amides is 1. The fourth-order valence-electron chi connectivity index (χ4n) is 6.17. The second kappa shape index (κ2) is 10.0. The van der Waals surface area contributed by atoms with Gasteiger partial charge in [-0.3, -0.25) is 14.7 Å². The van der Waals surface area contributed by atoms with Crippen molar-refractivity contribution in [1.29, 1.82) is 0 Å². The lowest BCUT2D eigenvalue weighted by Crippen LogP contribution is -2.42. The molecule has 9 heteroatoms. The van der Waals surface area contributed by atoms with Gasteiger partial charge < -0.3 is 14.0 Å². The Balaban J connectivity index is 1.45. The zero-order chi connectivity index (χ0) is 26.4. The lowest BCUT2D eigenvalue weighted by molar-refractivity contribution is -0.122. The van der Waals surface area contributed by atoms with Crippen LogP contribution in [0.3, 0.4) is 0 Å². The molecule has 2 fully saturated rings. The number of aromatic nitrogens is 4. The van der Waals surface area contributed by atoms with Crippen molar-refractivity contribution >= 4 is 28.6 Å². The quantitative estimate of drug-likeness (QED) is 0.444. The number of anilines is 1. The Bertz CT molecular complexity index is 1380. The van der Waals surface area contributed by atoms with E-state index in [-0.39, 0.29) is 36.0 Å². The highest BCUT2D eigenvalue weighted by atomic mass is 16.5. The molecule has 0 saturated heterocycles. The molecule has 3 aromatic rings. The van der Waals surface area contributed by atoms with Crippen LogP contribution < -0.4 is 9.64 Å². The number of methoxy groups -OCH3 is 1. The first-order valence-electron chi connectivity index (χ1n) is 13.8. The fourth-order valence-corrected chi connectivity index (χ4v) is 6.17. The molecule has 2 aromatic heterocycles. The Morgan fingerprint density at radius 2 is 1.92 bits per heavy atom. The molecule has 2 aliphatic carbocycles. The highest BCUT2D eigenvalue weighted by molar-refractivity contribution is 5.95. The van der Waals surface area contributed by atoms with Crippen molar-refractivity contribution in [1.82, 2.24) is 19.5 Å². The van der Waals surface area contributed by atoms with Crippen LogP contribution in [0.25, 0.3) is 11.0 Å². The van der Waals surface area contributed by atoms with Crippen LogP contribution in [0, 0.1) is 5.92 Å². The van der Waals surface area contributed by atoms with Gasteiger partial charge in [0.15, 0.2) is 0 Å². The topological polar surface area (TPSA) is 99.4 Å². The highest BCUT2D eigenvalue weighted by Gasteiger charge is 2.34. The number of ketones is 1. The van der Waals surface area contributed by atoms with Gasteiger partial charge in [-0.2, -0.15) is 0 Å². The average Bonchev–Trinajstić information content (AvgIpc) is 3.65. The summed E-state index contributed by atoms with van der Waals surface area (Å²) < 4.78 is 13.3. The molecular formula is C29H35N5O4. The summed E-state index contributed by atoms with van der Waals surface area (Å²) >= 11 is 0. The summed E-state index contributed by atoms with van der Waals surface area (Å²) in [6, 6.07) is 4.33. The van der Waals surface area contributed by atoms with Gasteiger partial charge in [-0.1, -0.05) is 6.42 Å². The number of carbonyl (C=O) groups excluding carboxylic acids is 2. The van der Waals surface area contributed by atoms with Crippen molar-refractivity contribution in [3.8, 4) is 5.88 Å². The molecule has 3 atom stereocenters. The molecule has 1 amide bonds. The first-order chi connectivity index (χ1) is 18.4. The number of hydrogen-bond donors (Lipinski definition) is 0. The normalized spacial score (nSPS) is 23.2. The predicted molar refractivity (Wildman–Crippen MR) is 143 cm³/mol. The van der Waals surface area contributed by atoms with Gasteiger partial charge in [0.2, 0.25) is 5.88 Å². The van der Waals surface area contributed by atoms with E-state index < -0.39 is 0 Å². The predicted octanol–water partition coefficient (Wildman–Crippen LogP) is 5.19. The van der Waals surface area contributed by atoms with E-state index in [2.05, 4.69) is 15.6 Å². The summed E-state index contributed by atoms with van der Waals surface area (Å²) in [6.07, 6.45) is 11.4. The van der Waals surface area contributed by atoms with E-state index >= 15 is 0 Å². The lowest BCUT2D eigenvalue weighted by Gasteiger charge is -2.34. The Morgan fingerprint density at radius 3 is 2.68 bits per heavy atom. The maximum Gasteiger partial charge on any atom is 0.414 e. The first kappa shape index (κ1) is 24.8. The second-order valence-electron chi connectivity index (χ2n) is 11.0. The number of aryl methyl sites for hydroxylation is 1. The van der Waals surface area contributed by atoms with E-state index in [1.807, 2.05) is 13.0 Å². The molecule has 6 rings (SSSR count). The maximum absolute atomic E-state index is 12.7. The van der Waals surface area contributed by atoms with Crippen molar-refractivity contribution in [3.05, 3.63) is 41.6 Å².